The van der Waals surface area contributed by atoms with E-state index in [9.17, 15) is 0 Å². The number of ether oxygens (including phenoxy) is 1. The minimum atomic E-state index is 0.268. The van der Waals surface area contributed by atoms with Crippen LogP contribution in [0.1, 0.15) is 30.4 Å². The highest BCUT2D eigenvalue weighted by Crippen LogP contribution is 2.42. The van der Waals surface area contributed by atoms with Crippen molar-refractivity contribution < 1.29 is 4.74 Å². The van der Waals surface area contributed by atoms with Crippen LogP contribution in [-0.4, -0.2) is 13.7 Å². The molecule has 15 heavy (non-hydrogen) atoms. The fourth-order valence-corrected chi connectivity index (χ4v) is 2.37. The van der Waals surface area contributed by atoms with Gasteiger partial charge < -0.3 is 10.5 Å². The molecule has 0 spiro atoms. The summed E-state index contributed by atoms with van der Waals surface area (Å²) in [5.41, 5.74) is 8.80. The zero-order chi connectivity index (χ0) is 10.7. The molecule has 0 heterocycles. The molecule has 1 aromatic rings. The first-order valence-electron chi connectivity index (χ1n) is 5.59. The average Bonchev–Trinajstić information content (AvgIpc) is 2.18. The highest BCUT2D eigenvalue weighted by molar-refractivity contribution is 5.32. The van der Waals surface area contributed by atoms with Gasteiger partial charge in [0.15, 0.2) is 0 Å². The zero-order valence-corrected chi connectivity index (χ0v) is 9.33. The first kappa shape index (κ1) is 10.7. The van der Waals surface area contributed by atoms with Crippen LogP contribution in [0, 0.1) is 0 Å². The molecule has 2 rings (SSSR count). The predicted molar refractivity (Wildman–Crippen MR) is 61.7 cm³/mol. The fraction of sp³-hybridized carbons (Fsp3) is 0.538. The van der Waals surface area contributed by atoms with Crippen molar-refractivity contribution in [2.75, 3.05) is 13.7 Å². The minimum absolute atomic E-state index is 0.268. The molecule has 1 saturated carbocycles. The van der Waals surface area contributed by atoms with E-state index in [-0.39, 0.29) is 5.41 Å². The molecule has 0 radical (unpaired) electrons. The number of nitrogens with two attached hydrogens (primary N) is 1. The third kappa shape index (κ3) is 1.92. The number of hydrogen-bond acceptors (Lipinski definition) is 2. The van der Waals surface area contributed by atoms with Crippen LogP contribution < -0.4 is 5.73 Å². The van der Waals surface area contributed by atoms with Crippen LogP contribution in [0.3, 0.4) is 0 Å². The van der Waals surface area contributed by atoms with Gasteiger partial charge in [0.1, 0.15) is 0 Å². The average molecular weight is 205 g/mol. The topological polar surface area (TPSA) is 35.2 Å². The van der Waals surface area contributed by atoms with E-state index in [4.69, 9.17) is 10.5 Å². The number of methoxy groups -OCH3 is 1. The molecular formula is C13H19NO. The van der Waals surface area contributed by atoms with E-state index in [2.05, 4.69) is 24.3 Å². The second kappa shape index (κ2) is 4.33. The molecule has 0 amide bonds. The molecular weight excluding hydrogens is 186 g/mol. The van der Waals surface area contributed by atoms with Crippen molar-refractivity contribution in [2.45, 2.75) is 31.3 Å². The SMILES string of the molecule is COCc1cccc(C2(CN)CCC2)c1. The van der Waals surface area contributed by atoms with Crippen LogP contribution in [0.25, 0.3) is 0 Å². The molecule has 2 N–H and O–H groups in total. The molecule has 0 saturated heterocycles. The van der Waals surface area contributed by atoms with Crippen LogP contribution in [0.15, 0.2) is 24.3 Å². The highest BCUT2D eigenvalue weighted by atomic mass is 16.5. The van der Waals surface area contributed by atoms with Crippen molar-refractivity contribution in [2.24, 2.45) is 5.73 Å². The maximum absolute atomic E-state index is 5.89. The van der Waals surface area contributed by atoms with E-state index in [0.717, 1.165) is 6.54 Å². The summed E-state index contributed by atoms with van der Waals surface area (Å²) in [6.07, 6.45) is 3.78. The van der Waals surface area contributed by atoms with Crippen molar-refractivity contribution in [1.82, 2.24) is 0 Å². The summed E-state index contributed by atoms with van der Waals surface area (Å²) in [7, 11) is 1.73. The first-order valence-corrected chi connectivity index (χ1v) is 5.59. The first-order chi connectivity index (χ1) is 7.30. The molecule has 0 atom stereocenters. The molecule has 2 nitrogen and oxygen atoms in total. The maximum Gasteiger partial charge on any atom is 0.0713 e. The molecule has 0 aliphatic heterocycles. The number of rotatable bonds is 4. The van der Waals surface area contributed by atoms with Crippen molar-refractivity contribution >= 4 is 0 Å². The van der Waals surface area contributed by atoms with Gasteiger partial charge in [0.05, 0.1) is 6.61 Å². The van der Waals surface area contributed by atoms with Gasteiger partial charge in [0.25, 0.3) is 0 Å². The molecule has 0 bridgehead atoms. The molecule has 1 fully saturated rings. The minimum Gasteiger partial charge on any atom is -0.380 e. The van der Waals surface area contributed by atoms with Crippen LogP contribution in [0.5, 0.6) is 0 Å². The van der Waals surface area contributed by atoms with Gasteiger partial charge in [-0.2, -0.15) is 0 Å². The lowest BCUT2D eigenvalue weighted by molar-refractivity contribution is 0.184. The third-order valence-electron chi connectivity index (χ3n) is 3.55. The summed E-state index contributed by atoms with van der Waals surface area (Å²) in [6.45, 7) is 1.46. The Morgan fingerprint density at radius 1 is 1.40 bits per heavy atom. The Bertz CT molecular complexity index is 326. The Hall–Kier alpha value is -0.860. The quantitative estimate of drug-likeness (QED) is 0.818. The summed E-state index contributed by atoms with van der Waals surface area (Å²) in [5, 5.41) is 0. The molecule has 1 aromatic carbocycles. The highest BCUT2D eigenvalue weighted by Gasteiger charge is 2.37. The van der Waals surface area contributed by atoms with Crippen LogP contribution in [0.4, 0.5) is 0 Å². The van der Waals surface area contributed by atoms with E-state index < -0.39 is 0 Å². The summed E-state index contributed by atoms with van der Waals surface area (Å²) in [5.74, 6) is 0. The van der Waals surface area contributed by atoms with Crippen molar-refractivity contribution in [3.63, 3.8) is 0 Å². The molecule has 0 unspecified atom stereocenters. The molecule has 2 heteroatoms. The number of hydrogen-bond donors (Lipinski definition) is 1. The Balaban J connectivity index is 2.23. The van der Waals surface area contributed by atoms with Gasteiger partial charge in [-0.1, -0.05) is 30.7 Å². The Morgan fingerprint density at radius 3 is 2.73 bits per heavy atom. The second-order valence-corrected chi connectivity index (χ2v) is 4.47. The van der Waals surface area contributed by atoms with Crippen molar-refractivity contribution in [3.8, 4) is 0 Å². The van der Waals surface area contributed by atoms with Gasteiger partial charge in [0, 0.05) is 19.1 Å². The van der Waals surface area contributed by atoms with Crippen molar-refractivity contribution in [3.05, 3.63) is 35.4 Å². The lowest BCUT2D eigenvalue weighted by Gasteiger charge is -2.41. The standard InChI is InChI=1S/C13H19NO/c1-15-9-11-4-2-5-12(8-11)13(10-14)6-3-7-13/h2,4-5,8H,3,6-7,9-10,14H2,1H3. The third-order valence-corrected chi connectivity index (χ3v) is 3.55. The van der Waals surface area contributed by atoms with Crippen LogP contribution in [-0.2, 0) is 16.8 Å². The van der Waals surface area contributed by atoms with Gasteiger partial charge in [-0.25, -0.2) is 0 Å². The smallest absolute Gasteiger partial charge is 0.0713 e. The van der Waals surface area contributed by atoms with Crippen LogP contribution in [0.2, 0.25) is 0 Å². The van der Waals surface area contributed by atoms with Gasteiger partial charge in [-0.3, -0.25) is 0 Å². The monoisotopic (exact) mass is 205 g/mol. The van der Waals surface area contributed by atoms with E-state index in [1.54, 1.807) is 7.11 Å². The van der Waals surface area contributed by atoms with E-state index >= 15 is 0 Å². The second-order valence-electron chi connectivity index (χ2n) is 4.47. The Kier molecular flexibility index (Phi) is 3.08. The Morgan fingerprint density at radius 2 is 2.20 bits per heavy atom. The van der Waals surface area contributed by atoms with E-state index in [1.165, 1.54) is 30.4 Å². The van der Waals surface area contributed by atoms with Gasteiger partial charge in [-0.15, -0.1) is 0 Å². The lowest BCUT2D eigenvalue weighted by atomic mass is 9.64. The summed E-state index contributed by atoms with van der Waals surface area (Å²) >= 11 is 0. The van der Waals surface area contributed by atoms with Gasteiger partial charge >= 0.3 is 0 Å². The fourth-order valence-electron chi connectivity index (χ4n) is 2.37. The van der Waals surface area contributed by atoms with Crippen molar-refractivity contribution in [1.29, 1.82) is 0 Å². The Labute approximate surface area is 91.4 Å². The summed E-state index contributed by atoms with van der Waals surface area (Å²) < 4.78 is 5.15. The predicted octanol–water partition coefficient (Wildman–Crippen LogP) is 2.21. The molecule has 82 valence electrons. The number of benzene rings is 1. The molecule has 0 aromatic heterocycles. The normalized spacial score (nSPS) is 18.5. The van der Waals surface area contributed by atoms with Gasteiger partial charge in [0.2, 0.25) is 0 Å². The molecule has 1 aliphatic rings. The summed E-state index contributed by atoms with van der Waals surface area (Å²) in [6, 6.07) is 8.66. The summed E-state index contributed by atoms with van der Waals surface area (Å²) in [4.78, 5) is 0. The van der Waals surface area contributed by atoms with Crippen LogP contribution >= 0.6 is 0 Å². The van der Waals surface area contributed by atoms with Gasteiger partial charge in [-0.05, 0) is 24.0 Å². The van der Waals surface area contributed by atoms with E-state index in [0.29, 0.717) is 6.61 Å². The van der Waals surface area contributed by atoms with E-state index in [1.807, 2.05) is 0 Å². The zero-order valence-electron chi connectivity index (χ0n) is 9.33. The maximum atomic E-state index is 5.89. The lowest BCUT2D eigenvalue weighted by Crippen LogP contribution is -2.41. The molecule has 1 aliphatic carbocycles. The largest absolute Gasteiger partial charge is 0.380 e.